The monoisotopic (exact) mass is 487 g/mol. The summed E-state index contributed by atoms with van der Waals surface area (Å²) in [6, 6.07) is 15.5. The molecule has 0 unspecified atom stereocenters. The van der Waals surface area contributed by atoms with Crippen molar-refractivity contribution in [1.82, 2.24) is 9.29 Å². The van der Waals surface area contributed by atoms with E-state index in [1.54, 1.807) is 42.6 Å². The lowest BCUT2D eigenvalue weighted by Crippen LogP contribution is -2.36. The third-order valence-corrected chi connectivity index (χ3v) is 7.71. The van der Waals surface area contributed by atoms with E-state index in [2.05, 4.69) is 4.98 Å². The number of rotatable bonds is 6. The van der Waals surface area contributed by atoms with Gasteiger partial charge >= 0.3 is 0 Å². The van der Waals surface area contributed by atoms with Crippen molar-refractivity contribution in [2.24, 2.45) is 0 Å². The molecule has 0 aliphatic carbocycles. The molecule has 3 aromatic rings. The largest absolute Gasteiger partial charge is 0.302 e. The van der Waals surface area contributed by atoms with Gasteiger partial charge in [0.15, 0.2) is 0 Å². The minimum absolute atomic E-state index is 0.0675. The summed E-state index contributed by atoms with van der Waals surface area (Å²) in [5.41, 5.74) is 1.27. The number of carbonyl (C=O) groups is 1. The van der Waals surface area contributed by atoms with Gasteiger partial charge in [0.25, 0.3) is 5.91 Å². The van der Waals surface area contributed by atoms with E-state index in [0.29, 0.717) is 29.5 Å². The fourth-order valence-corrected chi connectivity index (χ4v) is 5.52. The van der Waals surface area contributed by atoms with Crippen molar-refractivity contribution in [2.75, 3.05) is 18.0 Å². The third kappa shape index (κ3) is 5.24. The van der Waals surface area contributed by atoms with Gasteiger partial charge in [-0.2, -0.15) is 4.31 Å². The Hall–Kier alpha value is -2.81. The summed E-state index contributed by atoms with van der Waals surface area (Å²) >= 11 is 6.01. The lowest BCUT2D eigenvalue weighted by molar-refractivity contribution is 0.0984. The van der Waals surface area contributed by atoms with Gasteiger partial charge in [0.05, 0.1) is 12.2 Å². The van der Waals surface area contributed by atoms with Crippen LogP contribution in [0.1, 0.15) is 35.3 Å². The van der Waals surface area contributed by atoms with Crippen molar-refractivity contribution < 1.29 is 17.6 Å². The number of piperidine rings is 1. The van der Waals surface area contributed by atoms with Crippen LogP contribution in [0.5, 0.6) is 0 Å². The first-order valence-electron chi connectivity index (χ1n) is 10.6. The van der Waals surface area contributed by atoms with E-state index in [-0.39, 0.29) is 12.1 Å². The van der Waals surface area contributed by atoms with E-state index >= 15 is 0 Å². The van der Waals surface area contributed by atoms with Gasteiger partial charge in [-0.05, 0) is 67.4 Å². The molecule has 0 bridgehead atoms. The van der Waals surface area contributed by atoms with Crippen LogP contribution in [0.25, 0.3) is 0 Å². The number of carbonyl (C=O) groups excluding carboxylic acids is 1. The number of pyridine rings is 1. The second-order valence-electron chi connectivity index (χ2n) is 7.80. The summed E-state index contributed by atoms with van der Waals surface area (Å²) in [5, 5.41) is 0.515. The zero-order valence-corrected chi connectivity index (χ0v) is 19.4. The number of nitrogens with zero attached hydrogens (tertiary/aromatic N) is 3. The molecular formula is C24H23ClFN3O3S. The van der Waals surface area contributed by atoms with E-state index in [0.717, 1.165) is 31.4 Å². The van der Waals surface area contributed by atoms with Crippen LogP contribution in [-0.4, -0.2) is 36.7 Å². The zero-order valence-electron chi connectivity index (χ0n) is 17.8. The minimum atomic E-state index is -4.05. The van der Waals surface area contributed by atoms with Gasteiger partial charge in [0.2, 0.25) is 10.0 Å². The molecule has 33 heavy (non-hydrogen) atoms. The van der Waals surface area contributed by atoms with Crippen molar-refractivity contribution in [2.45, 2.75) is 30.7 Å². The van der Waals surface area contributed by atoms with E-state index in [9.17, 15) is 17.6 Å². The summed E-state index contributed by atoms with van der Waals surface area (Å²) in [6.45, 7) is 0.833. The van der Waals surface area contributed by atoms with Crippen LogP contribution in [-0.2, 0) is 16.6 Å². The van der Waals surface area contributed by atoms with Gasteiger partial charge in [-0.1, -0.05) is 24.1 Å². The second kappa shape index (κ2) is 9.99. The summed E-state index contributed by atoms with van der Waals surface area (Å²) < 4.78 is 42.1. The number of anilines is 1. The highest BCUT2D eigenvalue weighted by Crippen LogP contribution is 2.27. The molecule has 2 heterocycles. The number of benzene rings is 2. The molecule has 1 fully saturated rings. The molecule has 4 rings (SSSR count). The van der Waals surface area contributed by atoms with Crippen LogP contribution in [0.15, 0.2) is 71.8 Å². The van der Waals surface area contributed by atoms with Gasteiger partial charge in [-0.25, -0.2) is 12.8 Å². The molecule has 1 aliphatic heterocycles. The fourth-order valence-electron chi connectivity index (χ4n) is 3.79. The Labute approximate surface area is 197 Å². The maximum absolute atomic E-state index is 14.6. The Morgan fingerprint density at radius 3 is 2.42 bits per heavy atom. The molecule has 1 aromatic heterocycles. The molecule has 6 nitrogen and oxygen atoms in total. The van der Waals surface area contributed by atoms with Gasteiger partial charge < -0.3 is 4.90 Å². The summed E-state index contributed by atoms with van der Waals surface area (Å²) in [5.74, 6) is -1.35. The van der Waals surface area contributed by atoms with Gasteiger partial charge in [0.1, 0.15) is 10.7 Å². The Balaban J connectivity index is 1.71. The highest BCUT2D eigenvalue weighted by atomic mass is 35.5. The van der Waals surface area contributed by atoms with Crippen LogP contribution >= 0.6 is 11.6 Å². The predicted octanol–water partition coefficient (Wildman–Crippen LogP) is 4.90. The Bertz CT molecular complexity index is 1230. The van der Waals surface area contributed by atoms with Crippen LogP contribution in [0.2, 0.25) is 5.02 Å². The standard InChI is InChI=1S/C24H23ClFN3O3S/c25-19-8-10-21(11-9-19)29(17-20-6-2-3-13-27-20)24(30)18-7-12-22(26)23(16-18)33(31,32)28-14-4-1-5-15-28/h2-3,6-13,16H,1,4-5,14-15,17H2. The molecule has 0 N–H and O–H groups in total. The topological polar surface area (TPSA) is 70.6 Å². The number of halogens is 2. The van der Waals surface area contributed by atoms with Crippen LogP contribution in [0.4, 0.5) is 10.1 Å². The molecular weight excluding hydrogens is 465 g/mol. The molecule has 1 amide bonds. The van der Waals surface area contributed by atoms with E-state index in [1.807, 2.05) is 6.07 Å². The molecule has 0 radical (unpaired) electrons. The molecule has 1 saturated heterocycles. The van der Waals surface area contributed by atoms with Crippen molar-refractivity contribution in [3.63, 3.8) is 0 Å². The highest BCUT2D eigenvalue weighted by molar-refractivity contribution is 7.89. The summed E-state index contributed by atoms with van der Waals surface area (Å²) in [7, 11) is -4.05. The summed E-state index contributed by atoms with van der Waals surface area (Å²) in [6.07, 6.45) is 4.03. The Morgan fingerprint density at radius 2 is 1.76 bits per heavy atom. The average Bonchev–Trinajstić information content (AvgIpc) is 2.84. The molecule has 1 aliphatic rings. The molecule has 9 heteroatoms. The van der Waals surface area contributed by atoms with E-state index in [4.69, 9.17) is 11.6 Å². The first-order chi connectivity index (χ1) is 15.9. The average molecular weight is 488 g/mol. The SMILES string of the molecule is O=C(c1ccc(F)c(S(=O)(=O)N2CCCCC2)c1)N(Cc1ccccn1)c1ccc(Cl)cc1. The number of hydrogen-bond donors (Lipinski definition) is 0. The maximum atomic E-state index is 14.6. The lowest BCUT2D eigenvalue weighted by Gasteiger charge is -2.26. The number of hydrogen-bond acceptors (Lipinski definition) is 4. The normalized spacial score (nSPS) is 14.7. The van der Waals surface area contributed by atoms with Gasteiger partial charge in [-0.15, -0.1) is 0 Å². The minimum Gasteiger partial charge on any atom is -0.302 e. The quantitative estimate of drug-likeness (QED) is 0.496. The van der Waals surface area contributed by atoms with E-state index < -0.39 is 26.6 Å². The fraction of sp³-hybridized carbons (Fsp3) is 0.250. The molecule has 172 valence electrons. The smallest absolute Gasteiger partial charge is 0.258 e. The number of amides is 1. The second-order valence-corrected chi connectivity index (χ2v) is 10.1. The van der Waals surface area contributed by atoms with Crippen LogP contribution in [0.3, 0.4) is 0 Å². The number of aromatic nitrogens is 1. The predicted molar refractivity (Wildman–Crippen MR) is 125 cm³/mol. The lowest BCUT2D eigenvalue weighted by atomic mass is 10.1. The van der Waals surface area contributed by atoms with E-state index in [1.165, 1.54) is 15.3 Å². The Morgan fingerprint density at radius 1 is 1.03 bits per heavy atom. The molecule has 0 atom stereocenters. The summed E-state index contributed by atoms with van der Waals surface area (Å²) in [4.78, 5) is 18.8. The van der Waals surface area contributed by atoms with Gasteiger partial charge in [0, 0.05) is 35.6 Å². The van der Waals surface area contributed by atoms with Crippen molar-refractivity contribution >= 4 is 33.2 Å². The molecule has 0 spiro atoms. The first kappa shape index (κ1) is 23.4. The number of sulfonamides is 1. The first-order valence-corrected chi connectivity index (χ1v) is 12.4. The molecule has 2 aromatic carbocycles. The molecule has 0 saturated carbocycles. The zero-order chi connectivity index (χ0) is 23.4. The third-order valence-electron chi connectivity index (χ3n) is 5.54. The highest BCUT2D eigenvalue weighted by Gasteiger charge is 2.30. The maximum Gasteiger partial charge on any atom is 0.258 e. The van der Waals surface area contributed by atoms with Crippen molar-refractivity contribution in [1.29, 1.82) is 0 Å². The van der Waals surface area contributed by atoms with Crippen molar-refractivity contribution in [3.8, 4) is 0 Å². The van der Waals surface area contributed by atoms with Crippen molar-refractivity contribution in [3.05, 3.63) is 89.0 Å². The van der Waals surface area contributed by atoms with Gasteiger partial charge in [-0.3, -0.25) is 9.78 Å². The van der Waals surface area contributed by atoms with Crippen LogP contribution < -0.4 is 4.90 Å². The van der Waals surface area contributed by atoms with Crippen LogP contribution in [0, 0.1) is 5.82 Å². The Kier molecular flexibility index (Phi) is 7.07.